The number of benzene rings is 3. The van der Waals surface area contributed by atoms with Crippen molar-refractivity contribution in [3.05, 3.63) is 88.5 Å². The number of hydrogen-bond acceptors (Lipinski definition) is 5. The van der Waals surface area contributed by atoms with Crippen LogP contribution in [-0.4, -0.2) is 57.7 Å². The number of nitrogens with one attached hydrogen (secondary N) is 1. The Balaban J connectivity index is 1.95. The van der Waals surface area contributed by atoms with E-state index in [0.29, 0.717) is 0 Å². The molecule has 7 heteroatoms. The van der Waals surface area contributed by atoms with E-state index in [-0.39, 0.29) is 23.2 Å². The molecule has 0 radical (unpaired) electrons. The average Bonchev–Trinajstić information content (AvgIpc) is 2.83. The number of aliphatic hydroxyl groups excluding tert-OH is 1. The number of sulfonamides is 1. The lowest BCUT2D eigenvalue weighted by Gasteiger charge is -2.25. The maximum Gasteiger partial charge on any atom is 0.242 e. The number of rotatable bonds is 12. The van der Waals surface area contributed by atoms with Crippen LogP contribution >= 0.6 is 0 Å². The molecular formula is C32H45N3O3S. The fourth-order valence-corrected chi connectivity index (χ4v) is 6.11. The summed E-state index contributed by atoms with van der Waals surface area (Å²) < 4.78 is 28.7. The minimum absolute atomic E-state index is 0.144. The van der Waals surface area contributed by atoms with Gasteiger partial charge in [-0.3, -0.25) is 0 Å². The Morgan fingerprint density at radius 1 is 0.795 bits per heavy atom. The molecule has 0 saturated carbocycles. The number of aliphatic hydroxyl groups is 1. The van der Waals surface area contributed by atoms with Gasteiger partial charge in [-0.25, -0.2) is 8.42 Å². The first-order valence-corrected chi connectivity index (χ1v) is 15.1. The SMILES string of the molecule is CC(C)c1cc(-c2ccccc2CN(C)C)cc(C(C)C)c1CC(O)NS(=O)(=O)c1ccc(CN(C)C)cc1. The molecule has 0 bridgehead atoms. The summed E-state index contributed by atoms with van der Waals surface area (Å²) in [6, 6.07) is 19.7. The van der Waals surface area contributed by atoms with Crippen molar-refractivity contribution in [2.45, 2.75) is 70.2 Å². The van der Waals surface area contributed by atoms with Crippen LogP contribution in [0.1, 0.15) is 67.3 Å². The van der Waals surface area contributed by atoms with Crippen molar-refractivity contribution >= 4 is 10.0 Å². The second-order valence-corrected chi connectivity index (χ2v) is 13.3. The molecule has 3 rings (SSSR count). The van der Waals surface area contributed by atoms with E-state index in [4.69, 9.17) is 0 Å². The number of nitrogens with zero attached hydrogens (tertiary/aromatic N) is 2. The third-order valence-corrected chi connectivity index (χ3v) is 8.27. The molecule has 3 aromatic carbocycles. The first kappa shape index (κ1) is 31.0. The molecule has 0 spiro atoms. The zero-order valence-corrected chi connectivity index (χ0v) is 25.5. The summed E-state index contributed by atoms with van der Waals surface area (Å²) >= 11 is 0. The summed E-state index contributed by atoms with van der Waals surface area (Å²) in [6.07, 6.45) is -1.06. The molecule has 2 N–H and O–H groups in total. The molecule has 0 fully saturated rings. The highest BCUT2D eigenvalue weighted by atomic mass is 32.2. The van der Waals surface area contributed by atoms with Gasteiger partial charge in [0.1, 0.15) is 6.23 Å². The van der Waals surface area contributed by atoms with Gasteiger partial charge in [0.25, 0.3) is 0 Å². The summed E-state index contributed by atoms with van der Waals surface area (Å²) in [5, 5.41) is 11.0. The molecule has 0 heterocycles. The van der Waals surface area contributed by atoms with Crippen molar-refractivity contribution in [2.75, 3.05) is 28.2 Å². The Bertz CT molecular complexity index is 1320. The minimum atomic E-state index is -3.88. The van der Waals surface area contributed by atoms with Crippen molar-refractivity contribution in [2.24, 2.45) is 0 Å². The lowest BCUT2D eigenvalue weighted by molar-refractivity contribution is 0.163. The van der Waals surface area contributed by atoms with Crippen molar-refractivity contribution < 1.29 is 13.5 Å². The molecule has 0 aliphatic carbocycles. The van der Waals surface area contributed by atoms with Gasteiger partial charge in [0.05, 0.1) is 4.90 Å². The van der Waals surface area contributed by atoms with E-state index in [1.54, 1.807) is 12.1 Å². The van der Waals surface area contributed by atoms with Crippen LogP contribution in [0.4, 0.5) is 0 Å². The first-order chi connectivity index (χ1) is 18.3. The molecule has 0 aliphatic rings. The maximum absolute atomic E-state index is 13.1. The Labute approximate surface area is 235 Å². The third kappa shape index (κ3) is 8.22. The van der Waals surface area contributed by atoms with Crippen LogP contribution in [-0.2, 0) is 29.5 Å². The quantitative estimate of drug-likeness (QED) is 0.288. The standard InChI is InChI=1S/C32H45N3O3S/c1-22(2)29-17-26(28-12-10-9-11-25(28)21-35(7)8)18-30(23(3)4)31(29)19-32(36)33-39(37,38)27-15-13-24(14-16-27)20-34(5)6/h9-18,22-23,32-33,36H,19-21H2,1-8H3. The van der Waals surface area contributed by atoms with Crippen LogP contribution in [0.2, 0.25) is 0 Å². The second kappa shape index (κ2) is 13.2. The highest BCUT2D eigenvalue weighted by Gasteiger charge is 2.23. The van der Waals surface area contributed by atoms with E-state index in [9.17, 15) is 13.5 Å². The first-order valence-electron chi connectivity index (χ1n) is 13.6. The fraction of sp³-hybridized carbons (Fsp3) is 0.438. The molecule has 212 valence electrons. The lowest BCUT2D eigenvalue weighted by Crippen LogP contribution is -2.36. The zero-order chi connectivity index (χ0) is 28.9. The highest BCUT2D eigenvalue weighted by Crippen LogP contribution is 2.35. The van der Waals surface area contributed by atoms with Crippen LogP contribution < -0.4 is 4.72 Å². The zero-order valence-electron chi connectivity index (χ0n) is 24.7. The van der Waals surface area contributed by atoms with E-state index in [1.165, 1.54) is 11.1 Å². The van der Waals surface area contributed by atoms with Gasteiger partial charge in [0.2, 0.25) is 10.0 Å². The Kier molecular flexibility index (Phi) is 10.5. The molecule has 1 unspecified atom stereocenters. The van der Waals surface area contributed by atoms with Crippen LogP contribution in [0.25, 0.3) is 11.1 Å². The van der Waals surface area contributed by atoms with Gasteiger partial charge in [0.15, 0.2) is 0 Å². The maximum atomic E-state index is 13.1. The molecule has 3 aromatic rings. The molecule has 6 nitrogen and oxygen atoms in total. The molecule has 0 amide bonds. The van der Waals surface area contributed by atoms with E-state index in [2.05, 4.69) is 87.8 Å². The van der Waals surface area contributed by atoms with Crippen LogP contribution in [0.15, 0.2) is 65.6 Å². The van der Waals surface area contributed by atoms with Crippen molar-refractivity contribution in [3.63, 3.8) is 0 Å². The van der Waals surface area contributed by atoms with Crippen molar-refractivity contribution in [1.29, 1.82) is 0 Å². The summed E-state index contributed by atoms with van der Waals surface area (Å²) in [7, 11) is 4.19. The molecule has 1 atom stereocenters. The predicted molar refractivity (Wildman–Crippen MR) is 161 cm³/mol. The second-order valence-electron chi connectivity index (χ2n) is 11.6. The monoisotopic (exact) mass is 551 g/mol. The smallest absolute Gasteiger partial charge is 0.242 e. The third-order valence-electron chi connectivity index (χ3n) is 6.80. The van der Waals surface area contributed by atoms with Gasteiger partial charge < -0.3 is 14.9 Å². The summed E-state index contributed by atoms with van der Waals surface area (Å²) in [4.78, 5) is 4.33. The minimum Gasteiger partial charge on any atom is -0.377 e. The topological polar surface area (TPSA) is 72.9 Å². The molecule has 0 saturated heterocycles. The molecule has 0 aliphatic heterocycles. The fourth-order valence-electron chi connectivity index (χ4n) is 5.04. The van der Waals surface area contributed by atoms with Gasteiger partial charge in [-0.2, -0.15) is 4.72 Å². The summed E-state index contributed by atoms with van der Waals surface area (Å²) in [5.74, 6) is 0.401. The lowest BCUT2D eigenvalue weighted by atomic mass is 9.83. The van der Waals surface area contributed by atoms with Gasteiger partial charge in [-0.1, -0.05) is 76.2 Å². The van der Waals surface area contributed by atoms with Gasteiger partial charge in [-0.15, -0.1) is 0 Å². The molecule has 39 heavy (non-hydrogen) atoms. The van der Waals surface area contributed by atoms with E-state index < -0.39 is 16.3 Å². The van der Waals surface area contributed by atoms with Crippen molar-refractivity contribution in [1.82, 2.24) is 14.5 Å². The van der Waals surface area contributed by atoms with E-state index >= 15 is 0 Å². The van der Waals surface area contributed by atoms with Gasteiger partial charge in [-0.05, 0) is 91.1 Å². The van der Waals surface area contributed by atoms with Gasteiger partial charge in [0, 0.05) is 19.5 Å². The van der Waals surface area contributed by atoms with Gasteiger partial charge >= 0.3 is 0 Å². The van der Waals surface area contributed by atoms with E-state index in [1.807, 2.05) is 31.1 Å². The van der Waals surface area contributed by atoms with Crippen LogP contribution in [0.5, 0.6) is 0 Å². The van der Waals surface area contributed by atoms with E-state index in [0.717, 1.165) is 40.9 Å². The molecular weight excluding hydrogens is 506 g/mol. The largest absolute Gasteiger partial charge is 0.377 e. The van der Waals surface area contributed by atoms with Crippen LogP contribution in [0, 0.1) is 0 Å². The molecule has 0 aromatic heterocycles. The average molecular weight is 552 g/mol. The highest BCUT2D eigenvalue weighted by molar-refractivity contribution is 7.89. The summed E-state index contributed by atoms with van der Waals surface area (Å²) in [5.41, 5.74) is 7.88. The normalized spacial score (nSPS) is 13.2. The number of hydrogen-bond donors (Lipinski definition) is 2. The Hall–Kier alpha value is -2.55. The van der Waals surface area contributed by atoms with Crippen molar-refractivity contribution in [3.8, 4) is 11.1 Å². The summed E-state index contributed by atoms with van der Waals surface area (Å²) in [6.45, 7) is 10.1. The van der Waals surface area contributed by atoms with Crippen LogP contribution in [0.3, 0.4) is 0 Å². The Morgan fingerprint density at radius 2 is 1.33 bits per heavy atom. The predicted octanol–water partition coefficient (Wildman–Crippen LogP) is 5.56. The Morgan fingerprint density at radius 3 is 1.85 bits per heavy atom.